The zero-order valence-electron chi connectivity index (χ0n) is 16.5. The van der Waals surface area contributed by atoms with Crippen LogP contribution in [-0.4, -0.2) is 21.9 Å². The first-order valence-corrected chi connectivity index (χ1v) is 9.88. The number of aryl methyl sites for hydroxylation is 1. The van der Waals surface area contributed by atoms with E-state index in [0.717, 1.165) is 23.6 Å². The Kier molecular flexibility index (Phi) is 4.42. The molecule has 30 heavy (non-hydrogen) atoms. The van der Waals surface area contributed by atoms with E-state index in [-0.39, 0.29) is 12.5 Å². The topological polar surface area (TPSA) is 38.4 Å². The number of benzene rings is 2. The molecule has 0 fully saturated rings. The molecule has 1 aliphatic heterocycles. The molecule has 6 heteroatoms. The summed E-state index contributed by atoms with van der Waals surface area (Å²) in [5.74, 6) is -0.690. The summed E-state index contributed by atoms with van der Waals surface area (Å²) in [6, 6.07) is 15.1. The van der Waals surface area contributed by atoms with Crippen molar-refractivity contribution in [2.24, 2.45) is 0 Å². The minimum atomic E-state index is -0.641. The monoisotopic (exact) mass is 406 g/mol. The second-order valence-corrected chi connectivity index (χ2v) is 7.75. The van der Waals surface area contributed by atoms with Crippen LogP contribution in [0.4, 0.5) is 8.78 Å². The van der Waals surface area contributed by atoms with Gasteiger partial charge in [0.15, 0.2) is 5.58 Å². The van der Waals surface area contributed by atoms with Crippen molar-refractivity contribution in [1.82, 2.24) is 9.47 Å². The van der Waals surface area contributed by atoms with Gasteiger partial charge in [0, 0.05) is 37.8 Å². The van der Waals surface area contributed by atoms with Crippen molar-refractivity contribution in [2.45, 2.75) is 26.4 Å². The van der Waals surface area contributed by atoms with Crippen LogP contribution in [0.1, 0.15) is 32.9 Å². The molecule has 0 aliphatic carbocycles. The van der Waals surface area contributed by atoms with Crippen molar-refractivity contribution in [3.05, 3.63) is 94.4 Å². The van der Waals surface area contributed by atoms with Gasteiger partial charge in [0.1, 0.15) is 23.1 Å². The molecule has 3 heterocycles. The molecule has 1 amide bonds. The van der Waals surface area contributed by atoms with E-state index >= 15 is 0 Å². The average Bonchev–Trinajstić information content (AvgIpc) is 3.23. The molecule has 0 saturated carbocycles. The zero-order chi connectivity index (χ0) is 20.8. The van der Waals surface area contributed by atoms with Gasteiger partial charge in [-0.25, -0.2) is 8.78 Å². The summed E-state index contributed by atoms with van der Waals surface area (Å²) in [6.45, 7) is 3.16. The highest BCUT2D eigenvalue weighted by Crippen LogP contribution is 2.28. The highest BCUT2D eigenvalue weighted by Gasteiger charge is 2.26. The number of hydrogen-bond donors (Lipinski definition) is 0. The second-order valence-electron chi connectivity index (χ2n) is 7.75. The molecule has 0 radical (unpaired) electrons. The maximum atomic E-state index is 13.7. The lowest BCUT2D eigenvalue weighted by atomic mass is 10.00. The van der Waals surface area contributed by atoms with Crippen molar-refractivity contribution >= 4 is 17.0 Å². The Balaban J connectivity index is 1.53. The number of halogens is 2. The normalized spacial score (nSPS) is 13.6. The number of amides is 1. The van der Waals surface area contributed by atoms with E-state index in [4.69, 9.17) is 4.42 Å². The van der Waals surface area contributed by atoms with Crippen molar-refractivity contribution in [1.29, 1.82) is 0 Å². The van der Waals surface area contributed by atoms with Crippen LogP contribution in [-0.2, 0) is 19.5 Å². The molecule has 5 rings (SSSR count). The van der Waals surface area contributed by atoms with Crippen molar-refractivity contribution in [3.63, 3.8) is 0 Å². The molecule has 0 spiro atoms. The lowest BCUT2D eigenvalue weighted by Crippen LogP contribution is -2.37. The van der Waals surface area contributed by atoms with Crippen LogP contribution in [0.3, 0.4) is 0 Å². The van der Waals surface area contributed by atoms with E-state index in [9.17, 15) is 13.6 Å². The van der Waals surface area contributed by atoms with Crippen LogP contribution in [0, 0.1) is 18.6 Å². The van der Waals surface area contributed by atoms with Gasteiger partial charge in [-0.2, -0.15) is 0 Å². The van der Waals surface area contributed by atoms with Crippen molar-refractivity contribution < 1.29 is 18.0 Å². The Hall–Kier alpha value is -3.41. The number of carbonyl (C=O) groups excluding carboxylic acids is 1. The van der Waals surface area contributed by atoms with Crippen LogP contribution in [0.15, 0.2) is 59.0 Å². The summed E-state index contributed by atoms with van der Waals surface area (Å²) >= 11 is 0. The quantitative estimate of drug-likeness (QED) is 0.477. The van der Waals surface area contributed by atoms with Crippen LogP contribution in [0.5, 0.6) is 0 Å². The summed E-state index contributed by atoms with van der Waals surface area (Å²) in [5.41, 5.74) is 4.62. The first kappa shape index (κ1) is 18.6. The van der Waals surface area contributed by atoms with Crippen LogP contribution < -0.4 is 0 Å². The highest BCUT2D eigenvalue weighted by molar-refractivity contribution is 5.97. The fraction of sp³-hybridized carbons (Fsp3) is 0.208. The molecule has 0 saturated heterocycles. The van der Waals surface area contributed by atoms with Crippen molar-refractivity contribution in [2.75, 3.05) is 6.54 Å². The van der Waals surface area contributed by atoms with Gasteiger partial charge < -0.3 is 13.9 Å². The van der Waals surface area contributed by atoms with Gasteiger partial charge in [-0.05, 0) is 42.2 Å². The number of carbonyl (C=O) groups is 1. The Bertz CT molecular complexity index is 1250. The molecule has 1 aliphatic rings. The molecule has 4 nitrogen and oxygen atoms in total. The molecule has 2 aromatic heterocycles. The maximum Gasteiger partial charge on any atom is 0.270 e. The fourth-order valence-corrected chi connectivity index (χ4v) is 4.23. The standard InChI is InChI=1S/C24H20F2N2O2/c1-15-8-21-23(30-15)12-22(28(21)13-16-9-19(25)11-20(26)10-16)24(29)27-7-6-17-4-2-3-5-18(17)14-27/h2-5,8-12H,6-7,13-14H2,1H3. The van der Waals surface area contributed by atoms with Crippen LogP contribution in [0.25, 0.3) is 11.1 Å². The number of rotatable bonds is 3. The Labute approximate surface area is 172 Å². The minimum absolute atomic E-state index is 0.120. The number of nitrogens with zero attached hydrogens (tertiary/aromatic N) is 2. The van der Waals surface area contributed by atoms with Gasteiger partial charge in [0.05, 0.1) is 5.52 Å². The predicted molar refractivity (Wildman–Crippen MR) is 109 cm³/mol. The largest absolute Gasteiger partial charge is 0.460 e. The summed E-state index contributed by atoms with van der Waals surface area (Å²) in [6.07, 6.45) is 0.799. The first-order chi connectivity index (χ1) is 14.5. The smallest absolute Gasteiger partial charge is 0.270 e. The van der Waals surface area contributed by atoms with Gasteiger partial charge in [-0.3, -0.25) is 4.79 Å². The zero-order valence-corrected chi connectivity index (χ0v) is 16.5. The van der Waals surface area contributed by atoms with Crippen LogP contribution >= 0.6 is 0 Å². The van der Waals surface area contributed by atoms with Gasteiger partial charge in [-0.15, -0.1) is 0 Å². The Morgan fingerprint density at radius 1 is 1.03 bits per heavy atom. The van der Waals surface area contributed by atoms with E-state index in [1.807, 2.05) is 36.1 Å². The molecular weight excluding hydrogens is 386 g/mol. The lowest BCUT2D eigenvalue weighted by Gasteiger charge is -2.29. The molecule has 4 aromatic rings. The summed E-state index contributed by atoms with van der Waals surface area (Å²) in [7, 11) is 0. The molecule has 152 valence electrons. The molecule has 0 atom stereocenters. The minimum Gasteiger partial charge on any atom is -0.460 e. The molecule has 0 bridgehead atoms. The van der Waals surface area contributed by atoms with E-state index in [1.54, 1.807) is 10.6 Å². The van der Waals surface area contributed by atoms with Crippen molar-refractivity contribution in [3.8, 4) is 0 Å². The predicted octanol–water partition coefficient (Wildman–Crippen LogP) is 5.07. The molecule has 0 N–H and O–H groups in total. The Morgan fingerprint density at radius 2 is 1.77 bits per heavy atom. The third-order valence-electron chi connectivity index (χ3n) is 5.61. The van der Waals surface area contributed by atoms with E-state index < -0.39 is 11.6 Å². The lowest BCUT2D eigenvalue weighted by molar-refractivity contribution is 0.0724. The molecule has 0 unspecified atom stereocenters. The van der Waals surface area contributed by atoms with E-state index in [2.05, 4.69) is 6.07 Å². The van der Waals surface area contributed by atoms with Gasteiger partial charge in [0.2, 0.25) is 0 Å². The number of hydrogen-bond acceptors (Lipinski definition) is 2. The first-order valence-electron chi connectivity index (χ1n) is 9.88. The third kappa shape index (κ3) is 3.28. The summed E-state index contributed by atoms with van der Waals surface area (Å²) < 4.78 is 35.0. The SMILES string of the molecule is Cc1cc2c(cc(C(=O)N3CCc4ccccc4C3)n2Cc2cc(F)cc(F)c2)o1. The van der Waals surface area contributed by atoms with E-state index in [1.165, 1.54) is 17.7 Å². The van der Waals surface area contributed by atoms with Gasteiger partial charge >= 0.3 is 0 Å². The second kappa shape index (κ2) is 7.13. The third-order valence-corrected chi connectivity index (χ3v) is 5.61. The number of furan rings is 1. The van der Waals surface area contributed by atoms with Gasteiger partial charge in [-0.1, -0.05) is 24.3 Å². The molecular formula is C24H20F2N2O2. The highest BCUT2D eigenvalue weighted by atomic mass is 19.1. The Morgan fingerprint density at radius 3 is 2.53 bits per heavy atom. The molecule has 2 aromatic carbocycles. The maximum absolute atomic E-state index is 13.7. The average molecular weight is 406 g/mol. The number of aromatic nitrogens is 1. The van der Waals surface area contributed by atoms with E-state index in [0.29, 0.717) is 35.7 Å². The summed E-state index contributed by atoms with van der Waals surface area (Å²) in [4.78, 5) is 15.2. The van der Waals surface area contributed by atoms with Gasteiger partial charge in [0.25, 0.3) is 5.91 Å². The number of fused-ring (bicyclic) bond motifs is 2. The fourth-order valence-electron chi connectivity index (χ4n) is 4.23. The van der Waals surface area contributed by atoms with Crippen LogP contribution in [0.2, 0.25) is 0 Å². The summed E-state index contributed by atoms with van der Waals surface area (Å²) in [5, 5.41) is 0.